The third kappa shape index (κ3) is 2.22. The number of benzene rings is 1. The highest BCUT2D eigenvalue weighted by Gasteiger charge is 2.20. The number of carbonyl (C=O) groups is 1. The zero-order valence-electron chi connectivity index (χ0n) is 11.5. The first-order valence-electron chi connectivity index (χ1n) is 6.89. The molecule has 0 unspecified atom stereocenters. The average Bonchev–Trinajstić information content (AvgIpc) is 2.90. The summed E-state index contributed by atoms with van der Waals surface area (Å²) in [6.07, 6.45) is 3.82. The number of ether oxygens (including phenoxy) is 1. The van der Waals surface area contributed by atoms with Crippen molar-refractivity contribution >= 4 is 16.9 Å². The summed E-state index contributed by atoms with van der Waals surface area (Å²) >= 11 is 0. The third-order valence-corrected chi connectivity index (χ3v) is 3.93. The van der Waals surface area contributed by atoms with Crippen LogP contribution in [0, 0.1) is 0 Å². The highest BCUT2D eigenvalue weighted by molar-refractivity contribution is 5.86. The maximum atomic E-state index is 10.9. The van der Waals surface area contributed by atoms with E-state index in [4.69, 9.17) is 14.8 Å². The summed E-state index contributed by atoms with van der Waals surface area (Å²) in [7, 11) is 1.64. The van der Waals surface area contributed by atoms with E-state index in [1.54, 1.807) is 7.11 Å². The molecule has 3 rings (SSSR count). The lowest BCUT2D eigenvalue weighted by Crippen LogP contribution is -2.03. The van der Waals surface area contributed by atoms with E-state index in [2.05, 4.69) is 0 Å². The summed E-state index contributed by atoms with van der Waals surface area (Å²) < 4.78 is 5.28. The van der Waals surface area contributed by atoms with Crippen LogP contribution in [0.2, 0.25) is 0 Å². The fourth-order valence-corrected chi connectivity index (χ4v) is 2.98. The van der Waals surface area contributed by atoms with Crippen LogP contribution in [0.1, 0.15) is 29.7 Å². The number of hydrogen-bond donors (Lipinski definition) is 1. The molecule has 0 bridgehead atoms. The molecule has 1 aliphatic carbocycles. The van der Waals surface area contributed by atoms with Crippen LogP contribution in [0.15, 0.2) is 18.2 Å². The predicted molar refractivity (Wildman–Crippen MR) is 76.3 cm³/mol. The molecule has 0 aliphatic heterocycles. The number of nitrogens with zero attached hydrogens (tertiary/aromatic N) is 1. The number of aryl methyl sites for hydroxylation is 2. The number of methoxy groups -OCH3 is 1. The van der Waals surface area contributed by atoms with Gasteiger partial charge in [-0.05, 0) is 55.0 Å². The number of hydrogen-bond acceptors (Lipinski definition) is 3. The van der Waals surface area contributed by atoms with E-state index in [0.29, 0.717) is 6.42 Å². The fourth-order valence-electron chi connectivity index (χ4n) is 2.98. The zero-order chi connectivity index (χ0) is 14.1. The Labute approximate surface area is 117 Å². The predicted octanol–water partition coefficient (Wildman–Crippen LogP) is 2.75. The SMILES string of the molecule is COc1ccc2nc3c(c(CCC(=O)O)c2c1)CCC3. The first-order chi connectivity index (χ1) is 9.69. The molecule has 1 N–H and O–H groups in total. The van der Waals surface area contributed by atoms with Gasteiger partial charge in [-0.1, -0.05) is 0 Å². The minimum atomic E-state index is -0.760. The van der Waals surface area contributed by atoms with Crippen molar-refractivity contribution in [1.29, 1.82) is 0 Å². The Balaban J connectivity index is 2.17. The van der Waals surface area contributed by atoms with Crippen LogP contribution < -0.4 is 4.74 Å². The van der Waals surface area contributed by atoms with Crippen LogP contribution in [0.4, 0.5) is 0 Å². The van der Waals surface area contributed by atoms with E-state index in [1.807, 2.05) is 18.2 Å². The Bertz CT molecular complexity index is 679. The van der Waals surface area contributed by atoms with Crippen LogP contribution >= 0.6 is 0 Å². The van der Waals surface area contributed by atoms with E-state index >= 15 is 0 Å². The molecule has 0 amide bonds. The number of carboxylic acids is 1. The monoisotopic (exact) mass is 271 g/mol. The van der Waals surface area contributed by atoms with Crippen molar-refractivity contribution in [2.45, 2.75) is 32.1 Å². The van der Waals surface area contributed by atoms with Gasteiger partial charge < -0.3 is 9.84 Å². The van der Waals surface area contributed by atoms with E-state index in [1.165, 1.54) is 5.56 Å². The molecular weight excluding hydrogens is 254 g/mol. The lowest BCUT2D eigenvalue weighted by atomic mass is 9.97. The minimum absolute atomic E-state index is 0.156. The van der Waals surface area contributed by atoms with Crippen molar-refractivity contribution in [2.24, 2.45) is 0 Å². The van der Waals surface area contributed by atoms with Crippen molar-refractivity contribution in [3.8, 4) is 5.75 Å². The molecule has 0 fully saturated rings. The molecule has 1 aliphatic rings. The maximum absolute atomic E-state index is 10.9. The Morgan fingerprint density at radius 2 is 2.25 bits per heavy atom. The molecular formula is C16H17NO3. The Hall–Kier alpha value is -2.10. The van der Waals surface area contributed by atoms with Crippen molar-refractivity contribution < 1.29 is 14.6 Å². The Morgan fingerprint density at radius 1 is 1.40 bits per heavy atom. The van der Waals surface area contributed by atoms with E-state index < -0.39 is 5.97 Å². The molecule has 0 atom stereocenters. The molecule has 104 valence electrons. The molecule has 4 nitrogen and oxygen atoms in total. The van der Waals surface area contributed by atoms with Crippen molar-refractivity contribution in [2.75, 3.05) is 7.11 Å². The van der Waals surface area contributed by atoms with E-state index in [0.717, 1.165) is 47.2 Å². The summed E-state index contributed by atoms with van der Waals surface area (Å²) in [5.41, 5.74) is 4.48. The van der Waals surface area contributed by atoms with Gasteiger partial charge in [0.1, 0.15) is 5.75 Å². The van der Waals surface area contributed by atoms with Crippen molar-refractivity contribution in [1.82, 2.24) is 4.98 Å². The van der Waals surface area contributed by atoms with Crippen LogP contribution in [0.25, 0.3) is 10.9 Å². The highest BCUT2D eigenvalue weighted by Crippen LogP contribution is 2.32. The first-order valence-corrected chi connectivity index (χ1v) is 6.89. The number of carboxylic acid groups (broad SMARTS) is 1. The van der Waals surface area contributed by atoms with Crippen molar-refractivity contribution in [3.63, 3.8) is 0 Å². The third-order valence-electron chi connectivity index (χ3n) is 3.93. The second-order valence-corrected chi connectivity index (χ2v) is 5.15. The maximum Gasteiger partial charge on any atom is 0.303 e. The normalized spacial score (nSPS) is 13.4. The first kappa shape index (κ1) is 12.9. The minimum Gasteiger partial charge on any atom is -0.497 e. The second-order valence-electron chi connectivity index (χ2n) is 5.15. The Kier molecular flexibility index (Phi) is 3.30. The van der Waals surface area contributed by atoms with Gasteiger partial charge in [0.25, 0.3) is 0 Å². The standard InChI is InChI=1S/C16H17NO3/c1-20-10-5-7-15-13(9-10)11(6-8-16(18)19)12-3-2-4-14(12)17-15/h5,7,9H,2-4,6,8H2,1H3,(H,18,19). The summed E-state index contributed by atoms with van der Waals surface area (Å²) in [5, 5.41) is 9.99. The van der Waals surface area contributed by atoms with Gasteiger partial charge in [-0.2, -0.15) is 0 Å². The lowest BCUT2D eigenvalue weighted by molar-refractivity contribution is -0.136. The van der Waals surface area contributed by atoms with Crippen LogP contribution in [-0.2, 0) is 24.1 Å². The van der Waals surface area contributed by atoms with E-state index in [9.17, 15) is 4.79 Å². The van der Waals surface area contributed by atoms with Gasteiger partial charge in [-0.3, -0.25) is 9.78 Å². The van der Waals surface area contributed by atoms with E-state index in [-0.39, 0.29) is 6.42 Å². The summed E-state index contributed by atoms with van der Waals surface area (Å²) in [6, 6.07) is 5.83. The molecule has 1 aromatic heterocycles. The topological polar surface area (TPSA) is 59.4 Å². The molecule has 2 aromatic rings. The molecule has 0 saturated heterocycles. The van der Waals surface area contributed by atoms with Crippen LogP contribution in [0.5, 0.6) is 5.75 Å². The summed E-state index contributed by atoms with van der Waals surface area (Å²) in [4.78, 5) is 15.6. The molecule has 0 saturated carbocycles. The quantitative estimate of drug-likeness (QED) is 0.929. The molecule has 0 radical (unpaired) electrons. The summed E-state index contributed by atoms with van der Waals surface area (Å²) in [5.74, 6) is 0.0263. The van der Waals surface area contributed by atoms with Gasteiger partial charge in [0.05, 0.1) is 12.6 Å². The smallest absolute Gasteiger partial charge is 0.303 e. The fraction of sp³-hybridized carbons (Fsp3) is 0.375. The van der Waals surface area contributed by atoms with Gasteiger partial charge in [0, 0.05) is 17.5 Å². The zero-order valence-corrected chi connectivity index (χ0v) is 11.5. The van der Waals surface area contributed by atoms with Gasteiger partial charge in [-0.15, -0.1) is 0 Å². The van der Waals surface area contributed by atoms with Gasteiger partial charge >= 0.3 is 5.97 Å². The number of pyridine rings is 1. The second kappa shape index (κ2) is 5.12. The summed E-state index contributed by atoms with van der Waals surface area (Å²) in [6.45, 7) is 0. The lowest BCUT2D eigenvalue weighted by Gasteiger charge is -2.12. The number of aliphatic carboxylic acids is 1. The number of fused-ring (bicyclic) bond motifs is 2. The van der Waals surface area contributed by atoms with Gasteiger partial charge in [0.15, 0.2) is 0 Å². The average molecular weight is 271 g/mol. The van der Waals surface area contributed by atoms with Crippen LogP contribution in [0.3, 0.4) is 0 Å². The van der Waals surface area contributed by atoms with Gasteiger partial charge in [0.2, 0.25) is 0 Å². The molecule has 20 heavy (non-hydrogen) atoms. The molecule has 1 heterocycles. The molecule has 4 heteroatoms. The Morgan fingerprint density at radius 3 is 3.00 bits per heavy atom. The van der Waals surface area contributed by atoms with Gasteiger partial charge in [-0.25, -0.2) is 0 Å². The van der Waals surface area contributed by atoms with Crippen LogP contribution in [-0.4, -0.2) is 23.2 Å². The number of rotatable bonds is 4. The molecule has 1 aromatic carbocycles. The van der Waals surface area contributed by atoms with Crippen molar-refractivity contribution in [3.05, 3.63) is 35.0 Å². The number of aromatic nitrogens is 1. The molecule has 0 spiro atoms. The largest absolute Gasteiger partial charge is 0.497 e. The highest BCUT2D eigenvalue weighted by atomic mass is 16.5.